The van der Waals surface area contributed by atoms with E-state index in [0.29, 0.717) is 25.3 Å². The summed E-state index contributed by atoms with van der Waals surface area (Å²) in [5, 5.41) is 0. The Labute approximate surface area is 134 Å². The highest BCUT2D eigenvalue weighted by molar-refractivity contribution is 7.89. The molecule has 1 aliphatic heterocycles. The van der Waals surface area contributed by atoms with Gasteiger partial charge in [-0.05, 0) is 43.6 Å². The van der Waals surface area contributed by atoms with Crippen LogP contribution in [0.1, 0.15) is 46.0 Å². The van der Waals surface area contributed by atoms with Gasteiger partial charge in [0.15, 0.2) is 7.98 Å². The second-order valence-corrected chi connectivity index (χ2v) is 9.61. The molecule has 0 aromatic carbocycles. The molecule has 1 saturated heterocycles. The average molecular weight is 324 g/mol. The molecule has 0 aromatic rings. The third-order valence-electron chi connectivity index (χ3n) is 6.54. The largest absolute Gasteiger partial charge is 0.350 e. The summed E-state index contributed by atoms with van der Waals surface area (Å²) in [4.78, 5) is 14.1. The number of Topliss-reactive ketones (excluding diaryl/α,β-unsaturated/α-hetero) is 1. The highest BCUT2D eigenvalue weighted by atomic mass is 32.2. The van der Waals surface area contributed by atoms with Gasteiger partial charge in [-0.25, -0.2) is 13.1 Å². The van der Waals surface area contributed by atoms with Gasteiger partial charge in [0.05, 0.1) is 5.75 Å². The van der Waals surface area contributed by atoms with Crippen molar-refractivity contribution >= 4 is 23.8 Å². The van der Waals surface area contributed by atoms with Crippen molar-refractivity contribution in [2.75, 3.05) is 18.8 Å². The number of hydrogen-bond donors (Lipinski definition) is 1. The van der Waals surface area contributed by atoms with E-state index in [0.717, 1.165) is 25.8 Å². The van der Waals surface area contributed by atoms with Crippen LogP contribution >= 0.6 is 0 Å². The molecule has 7 heteroatoms. The van der Waals surface area contributed by atoms with Gasteiger partial charge in [-0.2, -0.15) is 0 Å². The topological polar surface area (TPSA) is 66.5 Å². The van der Waals surface area contributed by atoms with Gasteiger partial charge in [0.1, 0.15) is 5.78 Å². The Morgan fingerprint density at radius 1 is 1.36 bits per heavy atom. The molecule has 2 unspecified atom stereocenters. The molecular formula is C15H25BN2O3S. The van der Waals surface area contributed by atoms with Crippen LogP contribution < -0.4 is 4.72 Å². The minimum atomic E-state index is -3.48. The Balaban J connectivity index is 1.70. The zero-order valence-electron chi connectivity index (χ0n) is 13.5. The van der Waals surface area contributed by atoms with Crippen LogP contribution in [0.3, 0.4) is 0 Å². The van der Waals surface area contributed by atoms with Crippen molar-refractivity contribution in [3.05, 3.63) is 0 Å². The minimum Gasteiger partial charge on any atom is -0.350 e. The highest BCUT2D eigenvalue weighted by Crippen LogP contribution is 2.64. The Bertz CT molecular complexity index is 577. The lowest BCUT2D eigenvalue weighted by Gasteiger charge is -2.36. The van der Waals surface area contributed by atoms with Crippen LogP contribution in [-0.4, -0.2) is 51.9 Å². The summed E-state index contributed by atoms with van der Waals surface area (Å²) in [5.41, 5.74) is -0.909. The average Bonchev–Trinajstić information content (AvgIpc) is 2.98. The Hall–Kier alpha value is -0.395. The molecular weight excluding hydrogens is 299 g/mol. The van der Waals surface area contributed by atoms with E-state index in [4.69, 9.17) is 7.98 Å². The van der Waals surface area contributed by atoms with Crippen LogP contribution in [0.2, 0.25) is 0 Å². The molecule has 5 nitrogen and oxygen atoms in total. The van der Waals surface area contributed by atoms with Crippen LogP contribution in [0.25, 0.3) is 0 Å². The molecule has 0 aromatic heterocycles. The molecule has 2 aliphatic carbocycles. The van der Waals surface area contributed by atoms with Crippen LogP contribution in [0.4, 0.5) is 0 Å². The molecule has 3 aliphatic rings. The first-order valence-electron chi connectivity index (χ1n) is 8.20. The second kappa shape index (κ2) is 5.31. The van der Waals surface area contributed by atoms with Crippen LogP contribution in [0.15, 0.2) is 0 Å². The zero-order chi connectivity index (χ0) is 16.2. The van der Waals surface area contributed by atoms with Gasteiger partial charge in [-0.1, -0.05) is 13.8 Å². The lowest BCUT2D eigenvalue weighted by atomic mass is 9.70. The lowest BCUT2D eigenvalue weighted by Crippen LogP contribution is -2.47. The molecule has 0 spiro atoms. The van der Waals surface area contributed by atoms with E-state index in [1.165, 1.54) is 0 Å². The lowest BCUT2D eigenvalue weighted by molar-refractivity contribution is -0.128. The summed E-state index contributed by atoms with van der Waals surface area (Å²) in [6.07, 6.45) is 4.13. The van der Waals surface area contributed by atoms with E-state index in [1.54, 1.807) is 4.81 Å². The standard InChI is InChI=1S/C15H25BN2O3S/c1-14(2)11-5-6-15(14,13(19)8-11)10-22(20,21)17-9-12-4-3-7-18(12)16/h11-12,17H,3-10H2,1-2H3/t11?,12?,15-/m1/s1. The molecule has 1 heterocycles. The maximum Gasteiger partial charge on any atom is 0.212 e. The molecule has 3 rings (SSSR count). The van der Waals surface area contributed by atoms with Crippen molar-refractivity contribution < 1.29 is 13.2 Å². The number of carbonyl (C=O) groups is 1. The van der Waals surface area contributed by atoms with E-state index in [9.17, 15) is 13.2 Å². The maximum atomic E-state index is 12.5. The SMILES string of the molecule is [B]N1CCCC1CNS(=O)(=O)C[C@]12CCC(CC1=O)C2(C)C. The third kappa shape index (κ3) is 2.45. The Morgan fingerprint density at radius 3 is 2.59 bits per heavy atom. The number of sulfonamides is 1. The van der Waals surface area contributed by atoms with Crippen molar-refractivity contribution in [3.8, 4) is 0 Å². The summed E-state index contributed by atoms with van der Waals surface area (Å²) in [5.74, 6) is 0.407. The number of nitrogens with zero attached hydrogens (tertiary/aromatic N) is 1. The number of rotatable bonds is 5. The first kappa shape index (κ1) is 16.5. The quantitative estimate of drug-likeness (QED) is 0.762. The van der Waals surface area contributed by atoms with Gasteiger partial charge >= 0.3 is 0 Å². The van der Waals surface area contributed by atoms with Crippen molar-refractivity contribution in [1.29, 1.82) is 0 Å². The number of hydrogen-bond acceptors (Lipinski definition) is 4. The van der Waals surface area contributed by atoms with Gasteiger partial charge in [0.25, 0.3) is 0 Å². The van der Waals surface area contributed by atoms with Crippen molar-refractivity contribution in [3.63, 3.8) is 0 Å². The molecule has 1 N–H and O–H groups in total. The van der Waals surface area contributed by atoms with E-state index < -0.39 is 15.4 Å². The van der Waals surface area contributed by atoms with Crippen molar-refractivity contribution in [2.24, 2.45) is 16.7 Å². The molecule has 2 radical (unpaired) electrons. The molecule has 22 heavy (non-hydrogen) atoms. The molecule has 3 atom stereocenters. The maximum absolute atomic E-state index is 12.5. The Morgan fingerprint density at radius 2 is 2.09 bits per heavy atom. The van der Waals surface area contributed by atoms with Gasteiger partial charge in [0.2, 0.25) is 10.0 Å². The number of ketones is 1. The summed E-state index contributed by atoms with van der Waals surface area (Å²) < 4.78 is 27.8. The van der Waals surface area contributed by atoms with Gasteiger partial charge in [0, 0.05) is 24.4 Å². The number of fused-ring (bicyclic) bond motifs is 2. The minimum absolute atomic E-state index is 0.0656. The predicted octanol–water partition coefficient (Wildman–Crippen LogP) is 0.849. The fourth-order valence-corrected chi connectivity index (χ4v) is 6.66. The van der Waals surface area contributed by atoms with Crippen molar-refractivity contribution in [2.45, 2.75) is 52.0 Å². The summed E-state index contributed by atoms with van der Waals surface area (Å²) in [7, 11) is 2.36. The first-order chi connectivity index (χ1) is 10.2. The molecule has 122 valence electrons. The van der Waals surface area contributed by atoms with Crippen LogP contribution in [-0.2, 0) is 14.8 Å². The van der Waals surface area contributed by atoms with E-state index in [1.807, 2.05) is 0 Å². The van der Waals surface area contributed by atoms with E-state index in [2.05, 4.69) is 18.6 Å². The summed E-state index contributed by atoms with van der Waals surface area (Å²) in [6.45, 7) is 5.27. The van der Waals surface area contributed by atoms with E-state index >= 15 is 0 Å². The Kier molecular flexibility index (Phi) is 3.98. The molecule has 2 saturated carbocycles. The first-order valence-corrected chi connectivity index (χ1v) is 9.85. The summed E-state index contributed by atoms with van der Waals surface area (Å²) >= 11 is 0. The summed E-state index contributed by atoms with van der Waals surface area (Å²) in [6, 6.07) is 0.0656. The van der Waals surface area contributed by atoms with E-state index in [-0.39, 0.29) is 23.0 Å². The predicted molar refractivity (Wildman–Crippen MR) is 85.8 cm³/mol. The van der Waals surface area contributed by atoms with Gasteiger partial charge in [-0.15, -0.1) is 0 Å². The molecule has 0 amide bonds. The molecule has 3 fully saturated rings. The smallest absolute Gasteiger partial charge is 0.212 e. The normalized spacial score (nSPS) is 38.0. The fourth-order valence-electron chi connectivity index (χ4n) is 4.78. The molecule has 2 bridgehead atoms. The van der Waals surface area contributed by atoms with Crippen LogP contribution in [0.5, 0.6) is 0 Å². The number of nitrogens with one attached hydrogen (secondary N) is 1. The second-order valence-electron chi connectivity index (χ2n) is 7.81. The fraction of sp³-hybridized carbons (Fsp3) is 0.933. The van der Waals surface area contributed by atoms with Crippen LogP contribution in [0, 0.1) is 16.7 Å². The monoisotopic (exact) mass is 324 g/mol. The van der Waals surface area contributed by atoms with Crippen molar-refractivity contribution in [1.82, 2.24) is 9.53 Å². The number of carbonyl (C=O) groups excluding carboxylic acids is 1. The van der Waals surface area contributed by atoms with Gasteiger partial charge < -0.3 is 4.81 Å². The van der Waals surface area contributed by atoms with Gasteiger partial charge in [-0.3, -0.25) is 4.79 Å². The highest BCUT2D eigenvalue weighted by Gasteiger charge is 2.65. The third-order valence-corrected chi connectivity index (χ3v) is 8.02. The zero-order valence-corrected chi connectivity index (χ0v) is 14.3.